The molecule has 0 aromatic carbocycles. The Labute approximate surface area is 100 Å². The van der Waals surface area contributed by atoms with Crippen LogP contribution >= 0.6 is 0 Å². The molecule has 5 nitrogen and oxygen atoms in total. The lowest BCUT2D eigenvalue weighted by Gasteiger charge is -2.47. The molecule has 94 valence electrons. The molecule has 3 aliphatic rings. The average Bonchev–Trinajstić information content (AvgIpc) is 2.80. The smallest absolute Gasteiger partial charge is 0.417 e. The zero-order valence-electron chi connectivity index (χ0n) is 9.81. The van der Waals surface area contributed by atoms with Gasteiger partial charge in [-0.2, -0.15) is 0 Å². The van der Waals surface area contributed by atoms with Crippen LogP contribution in [0, 0.1) is 5.41 Å². The molecular formula is C12H17NO4. The highest BCUT2D eigenvalue weighted by atomic mass is 16.8. The summed E-state index contributed by atoms with van der Waals surface area (Å²) in [4.78, 5) is 13.6. The quantitative estimate of drug-likeness (QED) is 0.703. The molecule has 2 aliphatic heterocycles. The Hall–Kier alpha value is -1.39. The highest BCUT2D eigenvalue weighted by Gasteiger charge is 2.40. The van der Waals surface area contributed by atoms with E-state index in [1.807, 2.05) is 0 Å². The number of piperidine rings is 1. The number of amides is 1. The predicted molar refractivity (Wildman–Crippen MR) is 58.7 cm³/mol. The zero-order chi connectivity index (χ0) is 11.7. The van der Waals surface area contributed by atoms with E-state index in [9.17, 15) is 4.79 Å². The van der Waals surface area contributed by atoms with Crippen LogP contribution in [0.4, 0.5) is 4.79 Å². The summed E-state index contributed by atoms with van der Waals surface area (Å²) in [5.41, 5.74) is 0.545. The summed E-state index contributed by atoms with van der Waals surface area (Å²) in [5, 5.41) is 0. The van der Waals surface area contributed by atoms with Crippen LogP contribution < -0.4 is 0 Å². The van der Waals surface area contributed by atoms with Gasteiger partial charge >= 0.3 is 12.0 Å². The standard InChI is InChI=1S/C12H17NO4/c14-11(17-10-8-15-9-16-10)13-6-4-12(5-7-13)2-1-3-12/h8H,1-7,9H2. The molecule has 0 N–H and O–H groups in total. The lowest BCUT2D eigenvalue weighted by Crippen LogP contribution is -2.46. The van der Waals surface area contributed by atoms with Crippen molar-refractivity contribution in [3.63, 3.8) is 0 Å². The molecule has 1 saturated carbocycles. The van der Waals surface area contributed by atoms with Gasteiger partial charge in [-0.3, -0.25) is 0 Å². The first-order valence-corrected chi connectivity index (χ1v) is 6.19. The molecule has 0 radical (unpaired) electrons. The molecule has 17 heavy (non-hydrogen) atoms. The van der Waals surface area contributed by atoms with Gasteiger partial charge in [-0.05, 0) is 31.1 Å². The Morgan fingerprint density at radius 1 is 1.29 bits per heavy atom. The van der Waals surface area contributed by atoms with Gasteiger partial charge in [0, 0.05) is 13.1 Å². The average molecular weight is 239 g/mol. The van der Waals surface area contributed by atoms with E-state index in [0.717, 1.165) is 25.9 Å². The normalized spacial score (nSPS) is 25.6. The number of carbonyl (C=O) groups excluding carboxylic acids is 1. The lowest BCUT2D eigenvalue weighted by molar-refractivity contribution is 0.00222. The van der Waals surface area contributed by atoms with Gasteiger partial charge in [-0.25, -0.2) is 4.79 Å². The van der Waals surface area contributed by atoms with E-state index >= 15 is 0 Å². The van der Waals surface area contributed by atoms with Crippen LogP contribution in [-0.2, 0) is 14.2 Å². The molecule has 0 atom stereocenters. The van der Waals surface area contributed by atoms with Gasteiger partial charge in [0.25, 0.3) is 0 Å². The fourth-order valence-corrected chi connectivity index (χ4v) is 2.77. The summed E-state index contributed by atoms with van der Waals surface area (Å²) in [6.45, 7) is 1.73. The fraction of sp³-hybridized carbons (Fsp3) is 0.750. The third-order valence-electron chi connectivity index (χ3n) is 4.13. The van der Waals surface area contributed by atoms with Crippen molar-refractivity contribution in [1.29, 1.82) is 0 Å². The summed E-state index contributed by atoms with van der Waals surface area (Å²) in [5.74, 6) is 0.166. The first-order chi connectivity index (χ1) is 8.27. The SMILES string of the molecule is O=C(OC1=COCO1)N1CCC2(CCC2)CC1. The molecule has 1 amide bonds. The number of rotatable bonds is 1. The van der Waals surface area contributed by atoms with Crippen LogP contribution in [0.5, 0.6) is 0 Å². The van der Waals surface area contributed by atoms with E-state index in [0.29, 0.717) is 5.41 Å². The Morgan fingerprint density at radius 2 is 2.06 bits per heavy atom. The van der Waals surface area contributed by atoms with Crippen molar-refractivity contribution in [2.24, 2.45) is 5.41 Å². The predicted octanol–water partition coefficient (Wildman–Crippen LogP) is 2.19. The lowest BCUT2D eigenvalue weighted by atomic mass is 9.63. The summed E-state index contributed by atoms with van der Waals surface area (Å²) < 4.78 is 14.9. The van der Waals surface area contributed by atoms with E-state index in [4.69, 9.17) is 14.2 Å². The Morgan fingerprint density at radius 3 is 2.59 bits per heavy atom. The molecule has 3 rings (SSSR count). The monoisotopic (exact) mass is 239 g/mol. The molecule has 0 aromatic heterocycles. The third kappa shape index (κ3) is 2.06. The minimum atomic E-state index is -0.323. The number of nitrogens with zero attached hydrogens (tertiary/aromatic N) is 1. The minimum absolute atomic E-state index is 0.131. The van der Waals surface area contributed by atoms with Gasteiger partial charge in [0.15, 0.2) is 6.26 Å². The number of hydrogen-bond donors (Lipinski definition) is 0. The molecule has 0 unspecified atom stereocenters. The molecule has 0 aromatic rings. The van der Waals surface area contributed by atoms with Crippen molar-refractivity contribution >= 4 is 6.09 Å². The minimum Gasteiger partial charge on any atom is -0.458 e. The molecule has 5 heteroatoms. The van der Waals surface area contributed by atoms with Gasteiger partial charge in [-0.15, -0.1) is 0 Å². The van der Waals surface area contributed by atoms with Gasteiger partial charge in [0.2, 0.25) is 6.79 Å². The summed E-state index contributed by atoms with van der Waals surface area (Å²) in [6, 6.07) is 0. The van der Waals surface area contributed by atoms with Crippen molar-refractivity contribution in [3.8, 4) is 0 Å². The summed E-state index contributed by atoms with van der Waals surface area (Å²) in [7, 11) is 0. The second kappa shape index (κ2) is 4.13. The molecule has 1 saturated heterocycles. The molecule has 1 aliphatic carbocycles. The Bertz CT molecular complexity index is 338. The topological polar surface area (TPSA) is 48.0 Å². The molecule has 2 heterocycles. The number of ether oxygens (including phenoxy) is 3. The number of hydrogen-bond acceptors (Lipinski definition) is 4. The van der Waals surface area contributed by atoms with E-state index in [1.54, 1.807) is 4.90 Å². The third-order valence-corrected chi connectivity index (χ3v) is 4.13. The number of carbonyl (C=O) groups is 1. The van der Waals surface area contributed by atoms with Crippen LogP contribution in [0.25, 0.3) is 0 Å². The molecule has 2 fully saturated rings. The Kier molecular flexibility index (Phi) is 2.61. The van der Waals surface area contributed by atoms with Crippen LogP contribution in [0.1, 0.15) is 32.1 Å². The Balaban J connectivity index is 1.50. The van der Waals surface area contributed by atoms with Crippen LogP contribution in [-0.4, -0.2) is 30.9 Å². The van der Waals surface area contributed by atoms with Crippen molar-refractivity contribution in [3.05, 3.63) is 12.2 Å². The van der Waals surface area contributed by atoms with E-state index in [1.165, 1.54) is 25.5 Å². The van der Waals surface area contributed by atoms with Gasteiger partial charge in [-0.1, -0.05) is 6.42 Å². The van der Waals surface area contributed by atoms with Gasteiger partial charge in [0.05, 0.1) is 0 Å². The maximum Gasteiger partial charge on any atom is 0.417 e. The van der Waals surface area contributed by atoms with Crippen molar-refractivity contribution in [2.75, 3.05) is 19.9 Å². The molecule has 1 spiro atoms. The molecular weight excluding hydrogens is 222 g/mol. The first-order valence-electron chi connectivity index (χ1n) is 6.19. The second-order valence-electron chi connectivity index (χ2n) is 5.07. The first kappa shape index (κ1) is 10.7. The van der Waals surface area contributed by atoms with E-state index in [2.05, 4.69) is 0 Å². The maximum absolute atomic E-state index is 11.8. The van der Waals surface area contributed by atoms with E-state index < -0.39 is 0 Å². The second-order valence-corrected chi connectivity index (χ2v) is 5.07. The summed E-state index contributed by atoms with van der Waals surface area (Å²) >= 11 is 0. The van der Waals surface area contributed by atoms with Crippen molar-refractivity contribution in [2.45, 2.75) is 32.1 Å². The zero-order valence-corrected chi connectivity index (χ0v) is 9.81. The highest BCUT2D eigenvalue weighted by Crippen LogP contribution is 2.48. The fourth-order valence-electron chi connectivity index (χ4n) is 2.77. The van der Waals surface area contributed by atoms with Crippen LogP contribution in [0.3, 0.4) is 0 Å². The van der Waals surface area contributed by atoms with Crippen molar-refractivity contribution in [1.82, 2.24) is 4.90 Å². The van der Waals surface area contributed by atoms with Crippen molar-refractivity contribution < 1.29 is 19.0 Å². The highest BCUT2D eigenvalue weighted by molar-refractivity contribution is 5.68. The van der Waals surface area contributed by atoms with Gasteiger partial charge in [0.1, 0.15) is 0 Å². The number of likely N-dealkylation sites (tertiary alicyclic amines) is 1. The molecule has 0 bridgehead atoms. The maximum atomic E-state index is 11.8. The van der Waals surface area contributed by atoms with E-state index in [-0.39, 0.29) is 18.8 Å². The van der Waals surface area contributed by atoms with Crippen LogP contribution in [0.2, 0.25) is 0 Å². The largest absolute Gasteiger partial charge is 0.458 e. The van der Waals surface area contributed by atoms with Crippen LogP contribution in [0.15, 0.2) is 12.2 Å². The summed E-state index contributed by atoms with van der Waals surface area (Å²) in [6.07, 6.45) is 7.24. The van der Waals surface area contributed by atoms with Gasteiger partial charge < -0.3 is 19.1 Å².